The summed E-state index contributed by atoms with van der Waals surface area (Å²) in [5.74, 6) is -0.532. The van der Waals surface area contributed by atoms with Gasteiger partial charge in [-0.3, -0.25) is 14.5 Å². The predicted molar refractivity (Wildman–Crippen MR) is 70.0 cm³/mol. The summed E-state index contributed by atoms with van der Waals surface area (Å²) in [4.78, 5) is 25.6. The van der Waals surface area contributed by atoms with Gasteiger partial charge >= 0.3 is 0 Å². The Labute approximate surface area is 111 Å². The third-order valence-electron chi connectivity index (χ3n) is 3.16. The molecule has 0 aliphatic carbocycles. The Hall–Kier alpha value is -1.39. The molecule has 4 nitrogen and oxygen atoms in total. The molecule has 5 heteroatoms. The van der Waals surface area contributed by atoms with Crippen molar-refractivity contribution in [3.8, 4) is 0 Å². The van der Waals surface area contributed by atoms with Gasteiger partial charge in [-0.05, 0) is 39.1 Å². The summed E-state index contributed by atoms with van der Waals surface area (Å²) < 4.78 is 0. The average molecular weight is 267 g/mol. The number of rotatable bonds is 3. The summed E-state index contributed by atoms with van der Waals surface area (Å²) in [7, 11) is 1.80. The largest absolute Gasteiger partial charge is 0.313 e. The summed E-state index contributed by atoms with van der Waals surface area (Å²) >= 11 is 5.85. The maximum atomic E-state index is 12.2. The van der Waals surface area contributed by atoms with Gasteiger partial charge < -0.3 is 5.32 Å². The highest BCUT2D eigenvalue weighted by Gasteiger charge is 2.38. The summed E-state index contributed by atoms with van der Waals surface area (Å²) in [5, 5.41) is 3.54. The first-order valence-electron chi connectivity index (χ1n) is 5.70. The lowest BCUT2D eigenvalue weighted by molar-refractivity contribution is 0.0615. The van der Waals surface area contributed by atoms with Crippen molar-refractivity contribution in [2.75, 3.05) is 13.6 Å². The monoisotopic (exact) mass is 266 g/mol. The van der Waals surface area contributed by atoms with E-state index in [0.29, 0.717) is 22.7 Å². The number of hydrogen-bond donors (Lipinski definition) is 1. The minimum Gasteiger partial charge on any atom is -0.313 e. The zero-order valence-electron chi connectivity index (χ0n) is 10.6. The molecule has 0 fully saturated rings. The van der Waals surface area contributed by atoms with Crippen LogP contribution in [0.2, 0.25) is 5.02 Å². The number of carbonyl (C=O) groups is 2. The van der Waals surface area contributed by atoms with Crippen molar-refractivity contribution < 1.29 is 9.59 Å². The van der Waals surface area contributed by atoms with Crippen molar-refractivity contribution >= 4 is 23.4 Å². The lowest BCUT2D eigenvalue weighted by Gasteiger charge is -2.28. The van der Waals surface area contributed by atoms with E-state index in [4.69, 9.17) is 11.6 Å². The van der Waals surface area contributed by atoms with Gasteiger partial charge in [-0.1, -0.05) is 11.6 Å². The standard InChI is InChI=1S/C13H15ClN2O2/c1-13(2,15-3)7-16-11(17)9-5-4-8(14)6-10(9)12(16)18/h4-6,15H,7H2,1-3H3. The SMILES string of the molecule is CNC(C)(C)CN1C(=O)c2ccc(Cl)cc2C1=O. The second-order valence-corrected chi connectivity index (χ2v) is 5.46. The zero-order valence-corrected chi connectivity index (χ0v) is 11.3. The van der Waals surface area contributed by atoms with E-state index >= 15 is 0 Å². The molecule has 96 valence electrons. The van der Waals surface area contributed by atoms with E-state index < -0.39 is 0 Å². The van der Waals surface area contributed by atoms with E-state index in [9.17, 15) is 9.59 Å². The molecule has 0 atom stereocenters. The van der Waals surface area contributed by atoms with Crippen LogP contribution in [-0.4, -0.2) is 35.8 Å². The molecule has 1 aliphatic heterocycles. The van der Waals surface area contributed by atoms with Crippen molar-refractivity contribution in [2.24, 2.45) is 0 Å². The Morgan fingerprint density at radius 1 is 1.22 bits per heavy atom. The van der Waals surface area contributed by atoms with Gasteiger partial charge in [0.15, 0.2) is 0 Å². The molecule has 0 aromatic heterocycles. The van der Waals surface area contributed by atoms with Crippen LogP contribution < -0.4 is 5.32 Å². The Morgan fingerprint density at radius 2 is 1.83 bits per heavy atom. The fraction of sp³-hybridized carbons (Fsp3) is 0.385. The average Bonchev–Trinajstić information content (AvgIpc) is 2.54. The lowest BCUT2D eigenvalue weighted by atomic mass is 10.1. The second kappa shape index (κ2) is 4.37. The van der Waals surface area contributed by atoms with Gasteiger partial charge in [-0.25, -0.2) is 0 Å². The van der Waals surface area contributed by atoms with Crippen LogP contribution in [0.1, 0.15) is 34.6 Å². The number of amides is 2. The van der Waals surface area contributed by atoms with Crippen LogP contribution in [0.15, 0.2) is 18.2 Å². The van der Waals surface area contributed by atoms with E-state index in [1.54, 1.807) is 25.2 Å². The first-order chi connectivity index (χ1) is 8.35. The molecule has 0 saturated carbocycles. The van der Waals surface area contributed by atoms with Crippen molar-refractivity contribution in [2.45, 2.75) is 19.4 Å². The smallest absolute Gasteiger partial charge is 0.261 e. The fourth-order valence-corrected chi connectivity index (χ4v) is 2.05. The van der Waals surface area contributed by atoms with E-state index in [0.717, 1.165) is 0 Å². The maximum absolute atomic E-state index is 12.2. The quantitative estimate of drug-likeness (QED) is 0.851. The minimum atomic E-state index is -0.322. The molecule has 2 amide bonds. The fourth-order valence-electron chi connectivity index (χ4n) is 1.88. The van der Waals surface area contributed by atoms with Crippen LogP contribution in [-0.2, 0) is 0 Å². The molecule has 2 rings (SSSR count). The molecule has 1 N–H and O–H groups in total. The Kier molecular flexibility index (Phi) is 3.17. The second-order valence-electron chi connectivity index (χ2n) is 5.02. The van der Waals surface area contributed by atoms with Crippen LogP contribution in [0.3, 0.4) is 0 Å². The zero-order chi connectivity index (χ0) is 13.5. The number of benzene rings is 1. The van der Waals surface area contributed by atoms with E-state index in [-0.39, 0.29) is 17.4 Å². The van der Waals surface area contributed by atoms with Gasteiger partial charge in [0.1, 0.15) is 0 Å². The van der Waals surface area contributed by atoms with Crippen LogP contribution >= 0.6 is 11.6 Å². The molecule has 1 aromatic rings. The normalized spacial score (nSPS) is 15.2. The topological polar surface area (TPSA) is 49.4 Å². The first-order valence-corrected chi connectivity index (χ1v) is 6.08. The summed E-state index contributed by atoms with van der Waals surface area (Å²) in [6, 6.07) is 4.77. The molecule has 0 saturated heterocycles. The van der Waals surface area contributed by atoms with E-state index in [1.165, 1.54) is 4.90 Å². The molecule has 1 heterocycles. The van der Waals surface area contributed by atoms with Gasteiger partial charge in [0.05, 0.1) is 11.1 Å². The number of imide groups is 1. The number of likely N-dealkylation sites (N-methyl/N-ethyl adjacent to an activating group) is 1. The summed E-state index contributed by atoms with van der Waals surface area (Å²) in [6.45, 7) is 4.19. The Morgan fingerprint density at radius 3 is 2.44 bits per heavy atom. The van der Waals surface area contributed by atoms with Crippen LogP contribution in [0, 0.1) is 0 Å². The Bertz CT molecular complexity index is 526. The van der Waals surface area contributed by atoms with Crippen molar-refractivity contribution in [3.63, 3.8) is 0 Å². The van der Waals surface area contributed by atoms with Crippen molar-refractivity contribution in [3.05, 3.63) is 34.3 Å². The van der Waals surface area contributed by atoms with Gasteiger partial charge in [0.2, 0.25) is 0 Å². The number of fused-ring (bicyclic) bond motifs is 1. The highest BCUT2D eigenvalue weighted by Crippen LogP contribution is 2.26. The highest BCUT2D eigenvalue weighted by atomic mass is 35.5. The van der Waals surface area contributed by atoms with Gasteiger partial charge in [-0.2, -0.15) is 0 Å². The molecule has 18 heavy (non-hydrogen) atoms. The van der Waals surface area contributed by atoms with Crippen LogP contribution in [0.4, 0.5) is 0 Å². The van der Waals surface area contributed by atoms with Crippen molar-refractivity contribution in [1.29, 1.82) is 0 Å². The number of carbonyl (C=O) groups excluding carboxylic acids is 2. The molecule has 0 spiro atoms. The van der Waals surface area contributed by atoms with Gasteiger partial charge in [-0.15, -0.1) is 0 Å². The number of nitrogens with one attached hydrogen (secondary N) is 1. The lowest BCUT2D eigenvalue weighted by Crippen LogP contribution is -2.49. The molecule has 0 bridgehead atoms. The third-order valence-corrected chi connectivity index (χ3v) is 3.40. The molecular formula is C13H15ClN2O2. The predicted octanol–water partition coefficient (Wildman–Crippen LogP) is 1.93. The number of hydrogen-bond acceptors (Lipinski definition) is 3. The summed E-state index contributed by atoms with van der Waals surface area (Å²) in [6.07, 6.45) is 0. The molecule has 1 aliphatic rings. The van der Waals surface area contributed by atoms with Gasteiger partial charge in [0, 0.05) is 17.1 Å². The molecule has 1 aromatic carbocycles. The molecule has 0 radical (unpaired) electrons. The highest BCUT2D eigenvalue weighted by molar-refractivity contribution is 6.32. The van der Waals surface area contributed by atoms with Crippen molar-refractivity contribution in [1.82, 2.24) is 10.2 Å². The van der Waals surface area contributed by atoms with E-state index in [1.807, 2.05) is 13.8 Å². The van der Waals surface area contributed by atoms with E-state index in [2.05, 4.69) is 5.32 Å². The van der Waals surface area contributed by atoms with Crippen LogP contribution in [0.5, 0.6) is 0 Å². The number of halogens is 1. The Balaban J connectivity index is 2.34. The molecular weight excluding hydrogens is 252 g/mol. The number of nitrogens with zero attached hydrogens (tertiary/aromatic N) is 1. The summed E-state index contributed by atoms with van der Waals surface area (Å²) in [5.41, 5.74) is 0.493. The van der Waals surface area contributed by atoms with Crippen LogP contribution in [0.25, 0.3) is 0 Å². The molecule has 0 unspecified atom stereocenters. The first kappa shape index (κ1) is 13.1. The maximum Gasteiger partial charge on any atom is 0.261 e. The third kappa shape index (κ3) is 2.13. The van der Waals surface area contributed by atoms with Gasteiger partial charge in [0.25, 0.3) is 11.8 Å². The minimum absolute atomic E-state index is 0.255.